The van der Waals surface area contributed by atoms with E-state index in [9.17, 15) is 14.4 Å². The van der Waals surface area contributed by atoms with Crippen molar-refractivity contribution in [1.29, 1.82) is 0 Å². The zero-order valence-corrected chi connectivity index (χ0v) is 11.0. The maximum absolute atomic E-state index is 11.7. The fourth-order valence-electron chi connectivity index (χ4n) is 1.94. The molecular formula is C12H21NO5. The van der Waals surface area contributed by atoms with E-state index < -0.39 is 29.7 Å². The van der Waals surface area contributed by atoms with Gasteiger partial charge in [-0.05, 0) is 25.2 Å². The third kappa shape index (κ3) is 5.65. The van der Waals surface area contributed by atoms with Crippen molar-refractivity contribution in [2.75, 3.05) is 6.61 Å². The molecule has 0 radical (unpaired) electrons. The van der Waals surface area contributed by atoms with E-state index in [4.69, 9.17) is 15.6 Å². The molecule has 0 saturated heterocycles. The number of primary amides is 1. The second kappa shape index (κ2) is 7.68. The van der Waals surface area contributed by atoms with Gasteiger partial charge in [0, 0.05) is 6.42 Å². The SMILES string of the molecule is CCOC(=O)C(C(N)=O)C(CC(=O)O)CC(C)C. The number of esters is 1. The molecule has 0 bridgehead atoms. The number of aliphatic carboxylic acids is 1. The van der Waals surface area contributed by atoms with Gasteiger partial charge in [-0.2, -0.15) is 0 Å². The fraction of sp³-hybridized carbons (Fsp3) is 0.750. The predicted octanol–water partition coefficient (Wildman–Crippen LogP) is 0.788. The number of amides is 1. The van der Waals surface area contributed by atoms with Crippen LogP contribution in [0.5, 0.6) is 0 Å². The number of carbonyl (C=O) groups is 3. The third-order valence-electron chi connectivity index (χ3n) is 2.53. The van der Waals surface area contributed by atoms with E-state index in [0.29, 0.717) is 6.42 Å². The summed E-state index contributed by atoms with van der Waals surface area (Å²) in [4.78, 5) is 33.8. The van der Waals surface area contributed by atoms with E-state index in [-0.39, 0.29) is 18.9 Å². The molecule has 1 amide bonds. The zero-order chi connectivity index (χ0) is 14.3. The molecule has 0 aromatic carbocycles. The molecule has 0 rings (SSSR count). The van der Waals surface area contributed by atoms with Gasteiger partial charge in [-0.15, -0.1) is 0 Å². The smallest absolute Gasteiger partial charge is 0.318 e. The minimum atomic E-state index is -1.19. The van der Waals surface area contributed by atoms with Crippen LogP contribution in [0.2, 0.25) is 0 Å². The predicted molar refractivity (Wildman–Crippen MR) is 64.5 cm³/mol. The Bertz CT molecular complexity index is 314. The molecular weight excluding hydrogens is 238 g/mol. The summed E-state index contributed by atoms with van der Waals surface area (Å²) in [6, 6.07) is 0. The van der Waals surface area contributed by atoms with Crippen molar-refractivity contribution in [3.8, 4) is 0 Å². The van der Waals surface area contributed by atoms with Crippen LogP contribution in [-0.2, 0) is 19.1 Å². The van der Waals surface area contributed by atoms with E-state index in [1.54, 1.807) is 6.92 Å². The second-order valence-corrected chi connectivity index (χ2v) is 4.62. The first-order valence-electron chi connectivity index (χ1n) is 5.97. The van der Waals surface area contributed by atoms with Crippen LogP contribution < -0.4 is 5.73 Å². The standard InChI is InChI=1S/C12H21NO5/c1-4-18-12(17)10(11(13)16)8(5-7(2)3)6-9(14)15/h7-8,10H,4-6H2,1-3H3,(H2,13,16)(H,14,15). The molecule has 0 aromatic rings. The van der Waals surface area contributed by atoms with E-state index in [1.807, 2.05) is 13.8 Å². The van der Waals surface area contributed by atoms with Gasteiger partial charge in [0.1, 0.15) is 5.92 Å². The summed E-state index contributed by atoms with van der Waals surface area (Å²) in [5.74, 6) is -4.29. The number of ether oxygens (including phenoxy) is 1. The van der Waals surface area contributed by atoms with Crippen LogP contribution in [-0.4, -0.2) is 29.6 Å². The number of carboxylic acids is 1. The van der Waals surface area contributed by atoms with Crippen LogP contribution in [0.3, 0.4) is 0 Å². The van der Waals surface area contributed by atoms with Crippen LogP contribution in [0.1, 0.15) is 33.6 Å². The molecule has 0 aromatic heterocycles. The first kappa shape index (κ1) is 16.4. The molecule has 0 spiro atoms. The normalized spacial score (nSPS) is 14.0. The Morgan fingerprint density at radius 3 is 2.17 bits per heavy atom. The number of carbonyl (C=O) groups excluding carboxylic acids is 2. The lowest BCUT2D eigenvalue weighted by atomic mass is 9.82. The first-order chi connectivity index (χ1) is 8.29. The van der Waals surface area contributed by atoms with Gasteiger partial charge in [0.2, 0.25) is 5.91 Å². The summed E-state index contributed by atoms with van der Waals surface area (Å²) < 4.78 is 4.78. The Kier molecular flexibility index (Phi) is 7.00. The van der Waals surface area contributed by atoms with Crippen LogP contribution >= 0.6 is 0 Å². The fourth-order valence-corrected chi connectivity index (χ4v) is 1.94. The van der Waals surface area contributed by atoms with Gasteiger partial charge in [-0.3, -0.25) is 14.4 Å². The number of carboxylic acid groups (broad SMARTS) is 1. The van der Waals surface area contributed by atoms with Gasteiger partial charge in [0.15, 0.2) is 0 Å². The molecule has 0 saturated carbocycles. The summed E-state index contributed by atoms with van der Waals surface area (Å²) in [5.41, 5.74) is 5.19. The summed E-state index contributed by atoms with van der Waals surface area (Å²) in [6.07, 6.45) is 0.156. The van der Waals surface area contributed by atoms with Gasteiger partial charge in [0.05, 0.1) is 6.61 Å². The zero-order valence-electron chi connectivity index (χ0n) is 11.0. The number of hydrogen-bond donors (Lipinski definition) is 2. The van der Waals surface area contributed by atoms with Crippen molar-refractivity contribution < 1.29 is 24.2 Å². The highest BCUT2D eigenvalue weighted by molar-refractivity contribution is 5.97. The Labute approximate surface area is 106 Å². The summed E-state index contributed by atoms with van der Waals surface area (Å²) >= 11 is 0. The van der Waals surface area contributed by atoms with E-state index in [2.05, 4.69) is 0 Å². The first-order valence-corrected chi connectivity index (χ1v) is 5.97. The largest absolute Gasteiger partial charge is 0.481 e. The topological polar surface area (TPSA) is 107 Å². The molecule has 3 N–H and O–H groups in total. The average molecular weight is 259 g/mol. The van der Waals surface area contributed by atoms with Crippen LogP contribution in [0, 0.1) is 17.8 Å². The van der Waals surface area contributed by atoms with Crippen LogP contribution in [0.4, 0.5) is 0 Å². The second-order valence-electron chi connectivity index (χ2n) is 4.62. The van der Waals surface area contributed by atoms with Gasteiger partial charge < -0.3 is 15.6 Å². The minimum Gasteiger partial charge on any atom is -0.481 e. The van der Waals surface area contributed by atoms with Gasteiger partial charge in [-0.1, -0.05) is 13.8 Å². The molecule has 6 nitrogen and oxygen atoms in total. The number of rotatable bonds is 8. The molecule has 6 heteroatoms. The van der Waals surface area contributed by atoms with Crippen molar-refractivity contribution in [3.63, 3.8) is 0 Å². The average Bonchev–Trinajstić information content (AvgIpc) is 2.14. The summed E-state index contributed by atoms with van der Waals surface area (Å²) in [6.45, 7) is 5.52. The molecule has 0 aliphatic carbocycles. The quantitative estimate of drug-likeness (QED) is 0.495. The lowest BCUT2D eigenvalue weighted by molar-refractivity contribution is -0.154. The van der Waals surface area contributed by atoms with Gasteiger partial charge >= 0.3 is 11.9 Å². The Morgan fingerprint density at radius 1 is 1.28 bits per heavy atom. The highest BCUT2D eigenvalue weighted by Gasteiger charge is 2.36. The van der Waals surface area contributed by atoms with E-state index in [0.717, 1.165) is 0 Å². The maximum Gasteiger partial charge on any atom is 0.318 e. The molecule has 104 valence electrons. The number of nitrogens with two attached hydrogens (primary N) is 1. The summed E-state index contributed by atoms with van der Waals surface area (Å²) in [7, 11) is 0. The van der Waals surface area contributed by atoms with Gasteiger partial charge in [0.25, 0.3) is 0 Å². The summed E-state index contributed by atoms with van der Waals surface area (Å²) in [5, 5.41) is 8.83. The van der Waals surface area contributed by atoms with Gasteiger partial charge in [-0.25, -0.2) is 0 Å². The van der Waals surface area contributed by atoms with Crippen molar-refractivity contribution in [2.24, 2.45) is 23.5 Å². The number of hydrogen-bond acceptors (Lipinski definition) is 4. The van der Waals surface area contributed by atoms with Crippen LogP contribution in [0.25, 0.3) is 0 Å². The molecule has 18 heavy (non-hydrogen) atoms. The monoisotopic (exact) mass is 259 g/mol. The molecule has 2 unspecified atom stereocenters. The van der Waals surface area contributed by atoms with E-state index >= 15 is 0 Å². The Morgan fingerprint density at radius 2 is 1.83 bits per heavy atom. The maximum atomic E-state index is 11.7. The molecule has 0 aliphatic heterocycles. The van der Waals surface area contributed by atoms with Crippen molar-refractivity contribution in [1.82, 2.24) is 0 Å². The van der Waals surface area contributed by atoms with E-state index in [1.165, 1.54) is 0 Å². The third-order valence-corrected chi connectivity index (χ3v) is 2.53. The lowest BCUT2D eigenvalue weighted by Gasteiger charge is -2.23. The van der Waals surface area contributed by atoms with Crippen LogP contribution in [0.15, 0.2) is 0 Å². The molecule has 0 heterocycles. The highest BCUT2D eigenvalue weighted by atomic mass is 16.5. The lowest BCUT2D eigenvalue weighted by Crippen LogP contribution is -2.39. The Balaban J connectivity index is 5.01. The van der Waals surface area contributed by atoms with Crippen molar-refractivity contribution >= 4 is 17.8 Å². The minimum absolute atomic E-state index is 0.129. The molecule has 0 fully saturated rings. The molecule has 2 atom stereocenters. The highest BCUT2D eigenvalue weighted by Crippen LogP contribution is 2.25. The van der Waals surface area contributed by atoms with Crippen molar-refractivity contribution in [2.45, 2.75) is 33.6 Å². The Hall–Kier alpha value is -1.59. The van der Waals surface area contributed by atoms with Crippen molar-refractivity contribution in [3.05, 3.63) is 0 Å². The molecule has 0 aliphatic rings.